The van der Waals surface area contributed by atoms with E-state index in [4.69, 9.17) is 28.2 Å². The Morgan fingerprint density at radius 1 is 1.06 bits per heavy atom. The van der Waals surface area contributed by atoms with E-state index in [-0.39, 0.29) is 56.7 Å². The molecule has 2 aromatic carbocycles. The van der Waals surface area contributed by atoms with Crippen molar-refractivity contribution in [2.45, 2.75) is 64.7 Å². The van der Waals surface area contributed by atoms with Crippen LogP contribution in [-0.2, 0) is 18.4 Å². The molecule has 2 unspecified atom stereocenters. The van der Waals surface area contributed by atoms with Crippen LogP contribution in [0, 0.1) is 23.2 Å². The van der Waals surface area contributed by atoms with Gasteiger partial charge in [0.15, 0.2) is 0 Å². The number of amides is 2. The Labute approximate surface area is 281 Å². The van der Waals surface area contributed by atoms with E-state index in [9.17, 15) is 27.9 Å². The summed E-state index contributed by atoms with van der Waals surface area (Å²) in [5.74, 6) is -0.319. The lowest BCUT2D eigenvalue weighted by molar-refractivity contribution is -0.182. The number of nitrogens with zero attached hydrogens (tertiary/aromatic N) is 3. The van der Waals surface area contributed by atoms with E-state index in [0.717, 1.165) is 24.3 Å². The van der Waals surface area contributed by atoms with Crippen molar-refractivity contribution in [3.8, 4) is 0 Å². The molecule has 2 heterocycles. The molecule has 0 spiro atoms. The van der Waals surface area contributed by atoms with Gasteiger partial charge in [-0.1, -0.05) is 29.3 Å². The van der Waals surface area contributed by atoms with Crippen molar-refractivity contribution in [1.29, 1.82) is 0 Å². The van der Waals surface area contributed by atoms with Crippen LogP contribution in [0.4, 0.5) is 30.5 Å². The monoisotopic (exact) mass is 694 g/mol. The van der Waals surface area contributed by atoms with Crippen molar-refractivity contribution in [2.24, 2.45) is 30.2 Å². The highest BCUT2D eigenvalue weighted by molar-refractivity contribution is 6.39. The number of carbonyl (C=O) groups is 2. The maximum Gasteiger partial charge on any atom is 0.391 e. The minimum absolute atomic E-state index is 0.00439. The molecule has 14 heteroatoms. The zero-order valence-corrected chi connectivity index (χ0v) is 28.0. The number of hydrogen-bond donors (Lipinski definition) is 4. The number of imidazole rings is 1. The van der Waals surface area contributed by atoms with Crippen LogP contribution in [0.15, 0.2) is 24.3 Å². The van der Waals surface area contributed by atoms with Gasteiger partial charge in [0.05, 0.1) is 56.0 Å². The van der Waals surface area contributed by atoms with Gasteiger partial charge in [0, 0.05) is 32.7 Å². The van der Waals surface area contributed by atoms with Crippen LogP contribution in [-0.4, -0.2) is 58.4 Å². The molecule has 47 heavy (non-hydrogen) atoms. The lowest BCUT2D eigenvalue weighted by Gasteiger charge is -2.31. The number of nitrogens with one attached hydrogen (secondary N) is 3. The minimum atomic E-state index is -4.21. The van der Waals surface area contributed by atoms with Crippen molar-refractivity contribution in [3.63, 3.8) is 0 Å². The predicted octanol–water partition coefficient (Wildman–Crippen LogP) is 6.57. The second kappa shape index (κ2) is 12.7. The molecule has 2 aliphatic carbocycles. The van der Waals surface area contributed by atoms with E-state index in [0.29, 0.717) is 50.2 Å². The van der Waals surface area contributed by atoms with Gasteiger partial charge >= 0.3 is 6.18 Å². The van der Waals surface area contributed by atoms with E-state index >= 15 is 0 Å². The number of alkyl halides is 3. The number of aliphatic hydroxyl groups is 1. The molecule has 3 aromatic rings. The molecule has 1 aromatic heterocycles. The molecular weight excluding hydrogens is 656 g/mol. The minimum Gasteiger partial charge on any atom is -0.395 e. The molecule has 0 bridgehead atoms. The quantitative estimate of drug-likeness (QED) is 0.202. The number of benzene rings is 2. The maximum atomic E-state index is 13.7. The summed E-state index contributed by atoms with van der Waals surface area (Å²) in [5, 5.41) is 19.2. The van der Waals surface area contributed by atoms with E-state index in [1.54, 1.807) is 32.0 Å². The molecule has 2 saturated carbocycles. The van der Waals surface area contributed by atoms with Gasteiger partial charge in [-0.15, -0.1) is 0 Å². The zero-order chi connectivity index (χ0) is 33.8. The maximum absolute atomic E-state index is 13.7. The standard InChI is InChI=1S/C33H39Cl2F3N6O3/c1-32(2,16-45)30(47)39-13-17-4-9-23(34)28(27(17)35)42-31-41-24-11-22(29(46)40-21-7-5-20(6-8-21)33(36,37)38)25(12-26(24)43(31)3)44-14-18-10-19(18)15-44/h4,9,11-12,18-21,45H,5-8,10,13-16H2,1-3H3,(H,39,47)(H,40,46)(H,41,42). The molecule has 254 valence electrons. The molecule has 1 aliphatic heterocycles. The summed E-state index contributed by atoms with van der Waals surface area (Å²) in [7, 11) is 1.84. The number of rotatable bonds is 9. The van der Waals surface area contributed by atoms with Crippen LogP contribution in [0.2, 0.25) is 10.0 Å². The highest BCUT2D eigenvalue weighted by Gasteiger charge is 2.46. The summed E-state index contributed by atoms with van der Waals surface area (Å²) in [4.78, 5) is 33.2. The normalized spacial score (nSPS) is 22.7. The van der Waals surface area contributed by atoms with Gasteiger partial charge in [-0.25, -0.2) is 4.98 Å². The number of aliphatic hydroxyl groups excluding tert-OH is 1. The second-order valence-electron chi connectivity index (χ2n) is 13.8. The third kappa shape index (κ3) is 6.87. The van der Waals surface area contributed by atoms with Crippen LogP contribution in [0.5, 0.6) is 0 Å². The average molecular weight is 696 g/mol. The van der Waals surface area contributed by atoms with Crippen LogP contribution < -0.4 is 20.9 Å². The predicted molar refractivity (Wildman–Crippen MR) is 176 cm³/mol. The number of anilines is 3. The smallest absolute Gasteiger partial charge is 0.391 e. The number of aromatic nitrogens is 2. The first-order valence-electron chi connectivity index (χ1n) is 15.9. The van der Waals surface area contributed by atoms with Gasteiger partial charge in [0.25, 0.3) is 5.91 Å². The molecule has 2 amide bonds. The molecule has 3 aliphatic rings. The van der Waals surface area contributed by atoms with Crippen molar-refractivity contribution < 1.29 is 27.9 Å². The Morgan fingerprint density at radius 3 is 2.38 bits per heavy atom. The summed E-state index contributed by atoms with van der Waals surface area (Å²) in [6.45, 7) is 4.78. The summed E-state index contributed by atoms with van der Waals surface area (Å²) >= 11 is 13.3. The molecule has 3 fully saturated rings. The molecule has 9 nitrogen and oxygen atoms in total. The van der Waals surface area contributed by atoms with Crippen LogP contribution in [0.25, 0.3) is 11.0 Å². The zero-order valence-electron chi connectivity index (χ0n) is 26.5. The van der Waals surface area contributed by atoms with Crippen molar-refractivity contribution in [2.75, 3.05) is 29.9 Å². The first-order chi connectivity index (χ1) is 22.2. The highest BCUT2D eigenvalue weighted by Crippen LogP contribution is 2.47. The summed E-state index contributed by atoms with van der Waals surface area (Å²) in [6.07, 6.45) is -2.45. The summed E-state index contributed by atoms with van der Waals surface area (Å²) < 4.78 is 41.5. The Morgan fingerprint density at radius 2 is 1.74 bits per heavy atom. The van der Waals surface area contributed by atoms with Gasteiger partial charge in [-0.05, 0) is 81.5 Å². The molecule has 1 saturated heterocycles. The first-order valence-corrected chi connectivity index (χ1v) is 16.7. The fraction of sp³-hybridized carbons (Fsp3) is 0.545. The topological polar surface area (TPSA) is 112 Å². The number of carbonyl (C=O) groups excluding carboxylic acids is 2. The Hall–Kier alpha value is -3.22. The van der Waals surface area contributed by atoms with E-state index < -0.39 is 17.5 Å². The molecule has 2 atom stereocenters. The van der Waals surface area contributed by atoms with Crippen LogP contribution in [0.3, 0.4) is 0 Å². The van der Waals surface area contributed by atoms with Gasteiger partial charge in [0.2, 0.25) is 11.9 Å². The average Bonchev–Trinajstić information content (AvgIpc) is 3.51. The third-order valence-electron chi connectivity index (χ3n) is 9.94. The van der Waals surface area contributed by atoms with Crippen molar-refractivity contribution >= 4 is 63.4 Å². The lowest BCUT2D eigenvalue weighted by Crippen LogP contribution is -2.40. The summed E-state index contributed by atoms with van der Waals surface area (Å²) in [6, 6.07) is 6.75. The number of fused-ring (bicyclic) bond motifs is 2. The van der Waals surface area contributed by atoms with Gasteiger partial charge in [-0.3, -0.25) is 9.59 Å². The van der Waals surface area contributed by atoms with Gasteiger partial charge in [0.1, 0.15) is 0 Å². The third-order valence-corrected chi connectivity index (χ3v) is 10.7. The molecule has 0 radical (unpaired) electrons. The Kier molecular flexibility index (Phi) is 9.08. The van der Waals surface area contributed by atoms with Crippen LogP contribution >= 0.6 is 23.2 Å². The van der Waals surface area contributed by atoms with Gasteiger partial charge < -0.3 is 30.5 Å². The van der Waals surface area contributed by atoms with Crippen LogP contribution in [0.1, 0.15) is 61.9 Å². The largest absolute Gasteiger partial charge is 0.395 e. The highest BCUT2D eigenvalue weighted by atomic mass is 35.5. The Balaban J connectivity index is 1.26. The first kappa shape index (κ1) is 33.7. The number of hydrogen-bond acceptors (Lipinski definition) is 6. The number of aryl methyl sites for hydroxylation is 1. The molecular formula is C33H39Cl2F3N6O3. The van der Waals surface area contributed by atoms with E-state index in [1.807, 2.05) is 17.7 Å². The number of halogens is 5. The fourth-order valence-corrected chi connectivity index (χ4v) is 7.18. The fourth-order valence-electron chi connectivity index (χ4n) is 6.65. The lowest BCUT2D eigenvalue weighted by atomic mass is 9.85. The Bertz CT molecular complexity index is 1690. The second-order valence-corrected chi connectivity index (χ2v) is 14.6. The number of piperidine rings is 1. The summed E-state index contributed by atoms with van der Waals surface area (Å²) in [5.41, 5.74) is 2.60. The van der Waals surface area contributed by atoms with E-state index in [1.165, 1.54) is 6.42 Å². The van der Waals surface area contributed by atoms with E-state index in [2.05, 4.69) is 20.9 Å². The van der Waals surface area contributed by atoms with Crippen molar-refractivity contribution in [1.82, 2.24) is 20.2 Å². The van der Waals surface area contributed by atoms with Crippen molar-refractivity contribution in [3.05, 3.63) is 45.4 Å². The molecule has 6 rings (SSSR count). The SMILES string of the molecule is Cn1c(Nc2c(Cl)ccc(CNC(=O)C(C)(C)CO)c2Cl)nc2cc(C(=O)NC3CCC(C(F)(F)F)CC3)c(N3CC4CC4C3)cc21. The molecule has 4 N–H and O–H groups in total. The van der Waals surface area contributed by atoms with Gasteiger partial charge in [-0.2, -0.15) is 13.2 Å².